The van der Waals surface area contributed by atoms with E-state index in [1.54, 1.807) is 4.73 Å². The number of rotatable bonds is 5. The number of aromatic nitrogens is 1. The Hall–Kier alpha value is -1.56. The molecule has 0 bridgehead atoms. The summed E-state index contributed by atoms with van der Waals surface area (Å²) in [6, 6.07) is 7.87. The van der Waals surface area contributed by atoms with Crippen LogP contribution in [-0.2, 0) is 0 Å². The van der Waals surface area contributed by atoms with Gasteiger partial charge in [0.2, 0.25) is 12.4 Å². The van der Waals surface area contributed by atoms with E-state index in [1.165, 1.54) is 0 Å². The largest absolute Gasteiger partial charge is 0.271 e. The summed E-state index contributed by atoms with van der Waals surface area (Å²) in [4.78, 5) is 5.36. The molecule has 1 aromatic rings. The molecule has 0 aromatic carbocycles. The van der Waals surface area contributed by atoms with Crippen molar-refractivity contribution in [2.24, 2.45) is 0 Å². The van der Waals surface area contributed by atoms with Crippen LogP contribution in [0.3, 0.4) is 0 Å². The molecule has 1 heterocycles. The van der Waals surface area contributed by atoms with Crippen molar-refractivity contribution >= 4 is 0 Å². The van der Waals surface area contributed by atoms with Crippen LogP contribution in [0, 0.1) is 11.3 Å². The molecule has 1 rings (SSSR count). The van der Waals surface area contributed by atoms with E-state index in [9.17, 15) is 0 Å². The molecule has 0 aliphatic carbocycles. The molecule has 0 unspecified atom stereocenters. The number of nitriles is 1. The van der Waals surface area contributed by atoms with E-state index < -0.39 is 0 Å². The van der Waals surface area contributed by atoms with Gasteiger partial charge in [0.05, 0.1) is 6.07 Å². The molecular weight excluding hydrogens is 164 g/mol. The summed E-state index contributed by atoms with van der Waals surface area (Å²) < 4.78 is 1.67. The highest BCUT2D eigenvalue weighted by Crippen LogP contribution is 1.91. The smallest absolute Gasteiger partial charge is 0.222 e. The fourth-order valence-corrected chi connectivity index (χ4v) is 0.945. The minimum absolute atomic E-state index is 0.614. The van der Waals surface area contributed by atoms with Crippen molar-refractivity contribution in [3.63, 3.8) is 0 Å². The molecule has 0 amide bonds. The molecule has 0 saturated heterocycles. The lowest BCUT2D eigenvalue weighted by Gasteiger charge is -1.95. The van der Waals surface area contributed by atoms with Crippen LogP contribution in [0.5, 0.6) is 0 Å². The third-order valence-corrected chi connectivity index (χ3v) is 1.61. The summed E-state index contributed by atoms with van der Waals surface area (Å²) in [6.07, 6.45) is 6.15. The zero-order valence-corrected chi connectivity index (χ0v) is 7.52. The summed E-state index contributed by atoms with van der Waals surface area (Å²) in [7, 11) is 0. The van der Waals surface area contributed by atoms with Gasteiger partial charge in [0.25, 0.3) is 0 Å². The molecule has 3 nitrogen and oxygen atoms in total. The Morgan fingerprint density at radius 1 is 1.15 bits per heavy atom. The Morgan fingerprint density at radius 3 is 2.62 bits per heavy atom. The van der Waals surface area contributed by atoms with Gasteiger partial charge in [0.15, 0.2) is 6.61 Å². The molecule has 0 radical (unpaired) electrons. The lowest BCUT2D eigenvalue weighted by atomic mass is 10.3. The first-order valence-corrected chi connectivity index (χ1v) is 4.40. The van der Waals surface area contributed by atoms with Gasteiger partial charge in [0.1, 0.15) is 0 Å². The minimum Gasteiger partial charge on any atom is -0.271 e. The van der Waals surface area contributed by atoms with Gasteiger partial charge in [-0.1, -0.05) is 6.07 Å². The molecule has 0 aliphatic rings. The molecule has 0 N–H and O–H groups in total. The van der Waals surface area contributed by atoms with Gasteiger partial charge >= 0.3 is 0 Å². The van der Waals surface area contributed by atoms with Crippen LogP contribution in [0.1, 0.15) is 19.3 Å². The van der Waals surface area contributed by atoms with Crippen LogP contribution in [0.25, 0.3) is 0 Å². The van der Waals surface area contributed by atoms with Crippen molar-refractivity contribution in [2.75, 3.05) is 6.61 Å². The van der Waals surface area contributed by atoms with Crippen LogP contribution >= 0.6 is 0 Å². The monoisotopic (exact) mass is 177 g/mol. The maximum atomic E-state index is 8.29. The van der Waals surface area contributed by atoms with Gasteiger partial charge in [-0.05, 0) is 12.8 Å². The summed E-state index contributed by atoms with van der Waals surface area (Å²) in [6.45, 7) is 0.663. The van der Waals surface area contributed by atoms with Crippen LogP contribution in [-0.4, -0.2) is 6.61 Å². The second-order valence-corrected chi connectivity index (χ2v) is 2.68. The van der Waals surface area contributed by atoms with E-state index in [0.717, 1.165) is 12.8 Å². The highest BCUT2D eigenvalue weighted by molar-refractivity contribution is 4.83. The molecular formula is C10H13N2O+. The van der Waals surface area contributed by atoms with Gasteiger partial charge in [-0.25, -0.2) is 0 Å². The van der Waals surface area contributed by atoms with Gasteiger partial charge < -0.3 is 0 Å². The Labute approximate surface area is 78.1 Å². The molecule has 0 fully saturated rings. The van der Waals surface area contributed by atoms with Gasteiger partial charge in [-0.2, -0.15) is 5.26 Å². The highest BCUT2D eigenvalue weighted by atomic mass is 16.7. The third-order valence-electron chi connectivity index (χ3n) is 1.61. The normalized spacial score (nSPS) is 9.15. The minimum atomic E-state index is 0.614. The zero-order valence-electron chi connectivity index (χ0n) is 7.52. The first kappa shape index (κ1) is 9.53. The number of hydrogen-bond donors (Lipinski definition) is 0. The number of pyridine rings is 1. The van der Waals surface area contributed by atoms with Gasteiger partial charge in [-0.3, -0.25) is 4.84 Å². The zero-order chi connectivity index (χ0) is 9.36. The van der Waals surface area contributed by atoms with E-state index in [0.29, 0.717) is 13.0 Å². The third kappa shape index (κ3) is 4.12. The fraction of sp³-hybridized carbons (Fsp3) is 0.400. The van der Waals surface area contributed by atoms with E-state index >= 15 is 0 Å². The van der Waals surface area contributed by atoms with Crippen molar-refractivity contribution < 1.29 is 9.57 Å². The SMILES string of the molecule is N#CCCCCO[n+]1ccccc1. The molecule has 1 aromatic heterocycles. The quantitative estimate of drug-likeness (QED) is 0.499. The second-order valence-electron chi connectivity index (χ2n) is 2.68. The van der Waals surface area contributed by atoms with Gasteiger partial charge in [0, 0.05) is 23.3 Å². The van der Waals surface area contributed by atoms with E-state index in [2.05, 4.69) is 6.07 Å². The molecule has 13 heavy (non-hydrogen) atoms. The number of nitrogens with zero attached hydrogens (tertiary/aromatic N) is 2. The van der Waals surface area contributed by atoms with Crippen LogP contribution in [0.15, 0.2) is 30.6 Å². The Balaban J connectivity index is 2.11. The van der Waals surface area contributed by atoms with Crippen molar-refractivity contribution in [3.05, 3.63) is 30.6 Å². The summed E-state index contributed by atoms with van der Waals surface area (Å²) in [5, 5.41) is 8.29. The van der Waals surface area contributed by atoms with Crippen LogP contribution < -0.4 is 9.57 Å². The average Bonchev–Trinajstić information content (AvgIpc) is 2.19. The van der Waals surface area contributed by atoms with Crippen molar-refractivity contribution in [3.8, 4) is 6.07 Å². The van der Waals surface area contributed by atoms with Crippen LogP contribution in [0.4, 0.5) is 0 Å². The molecule has 0 aliphatic heterocycles. The first-order chi connectivity index (χ1) is 6.43. The maximum Gasteiger partial charge on any atom is 0.222 e. The predicted molar refractivity (Wildman–Crippen MR) is 47.5 cm³/mol. The Morgan fingerprint density at radius 2 is 1.92 bits per heavy atom. The van der Waals surface area contributed by atoms with E-state index in [-0.39, 0.29) is 0 Å². The van der Waals surface area contributed by atoms with E-state index in [4.69, 9.17) is 10.1 Å². The molecule has 0 spiro atoms. The standard InChI is InChI=1S/C10H13N2O/c11-7-3-1-6-10-13-12-8-4-2-5-9-12/h2,4-5,8-9H,1,3,6,10H2/q+1. The number of unbranched alkanes of at least 4 members (excludes halogenated alkanes) is 2. The Bertz CT molecular complexity index is 266. The molecule has 3 heteroatoms. The van der Waals surface area contributed by atoms with Crippen molar-refractivity contribution in [2.45, 2.75) is 19.3 Å². The predicted octanol–water partition coefficient (Wildman–Crippen LogP) is 1.10. The average molecular weight is 177 g/mol. The fourth-order valence-electron chi connectivity index (χ4n) is 0.945. The Kier molecular flexibility index (Phi) is 4.41. The second kappa shape index (κ2) is 6.01. The molecule has 68 valence electrons. The van der Waals surface area contributed by atoms with E-state index in [1.807, 2.05) is 30.6 Å². The topological polar surface area (TPSA) is 36.9 Å². The first-order valence-electron chi connectivity index (χ1n) is 4.40. The lowest BCUT2D eigenvalue weighted by molar-refractivity contribution is -0.891. The number of hydrogen-bond acceptors (Lipinski definition) is 2. The maximum absolute atomic E-state index is 8.29. The van der Waals surface area contributed by atoms with Crippen molar-refractivity contribution in [1.29, 1.82) is 5.26 Å². The van der Waals surface area contributed by atoms with Gasteiger partial charge in [-0.15, -0.1) is 0 Å². The summed E-state index contributed by atoms with van der Waals surface area (Å²) in [5.41, 5.74) is 0. The molecule has 0 saturated carbocycles. The molecule has 0 atom stereocenters. The summed E-state index contributed by atoms with van der Waals surface area (Å²) >= 11 is 0. The summed E-state index contributed by atoms with van der Waals surface area (Å²) in [5.74, 6) is 0. The highest BCUT2D eigenvalue weighted by Gasteiger charge is 1.96. The van der Waals surface area contributed by atoms with Crippen LogP contribution in [0.2, 0.25) is 0 Å². The van der Waals surface area contributed by atoms with Crippen molar-refractivity contribution in [1.82, 2.24) is 0 Å². The lowest BCUT2D eigenvalue weighted by Crippen LogP contribution is -2.42.